The van der Waals surface area contributed by atoms with E-state index in [4.69, 9.17) is 4.74 Å². The molecule has 0 amide bonds. The van der Waals surface area contributed by atoms with Crippen LogP contribution in [0.5, 0.6) is 0 Å². The zero-order valence-corrected chi connectivity index (χ0v) is 15.8. The Morgan fingerprint density at radius 1 is 1.08 bits per heavy atom. The minimum atomic E-state index is -0.362. The van der Waals surface area contributed by atoms with E-state index in [0.29, 0.717) is 17.0 Å². The Kier molecular flexibility index (Phi) is 7.34. The largest absolute Gasteiger partial charge is 0.464 e. The maximum atomic E-state index is 12.5. The molecular formula is C20H25NO3S. The van der Waals surface area contributed by atoms with Crippen molar-refractivity contribution in [3.8, 4) is 0 Å². The number of thiophene rings is 1. The van der Waals surface area contributed by atoms with Gasteiger partial charge in [0.1, 0.15) is 6.61 Å². The number of carbonyl (C=O) groups excluding carboxylic acids is 2. The van der Waals surface area contributed by atoms with Crippen LogP contribution in [0.4, 0.5) is 0 Å². The molecule has 5 heteroatoms. The molecule has 0 saturated heterocycles. The van der Waals surface area contributed by atoms with E-state index in [2.05, 4.69) is 18.7 Å². The van der Waals surface area contributed by atoms with E-state index in [1.54, 1.807) is 18.2 Å². The highest BCUT2D eigenvalue weighted by molar-refractivity contribution is 7.14. The molecule has 0 N–H and O–H groups in total. The molecule has 1 aromatic heterocycles. The van der Waals surface area contributed by atoms with Gasteiger partial charge in [0.05, 0.1) is 10.8 Å². The summed E-state index contributed by atoms with van der Waals surface area (Å²) in [6, 6.07) is 12.8. The van der Waals surface area contributed by atoms with Crippen LogP contribution in [-0.4, -0.2) is 42.9 Å². The molecule has 0 aliphatic rings. The first-order valence-electron chi connectivity index (χ1n) is 8.65. The lowest BCUT2D eigenvalue weighted by Gasteiger charge is -2.18. The lowest BCUT2D eigenvalue weighted by Crippen LogP contribution is -2.28. The van der Waals surface area contributed by atoms with Crippen molar-refractivity contribution in [3.63, 3.8) is 0 Å². The quantitative estimate of drug-likeness (QED) is 0.502. The van der Waals surface area contributed by atoms with Gasteiger partial charge in [-0.25, -0.2) is 0 Å². The van der Waals surface area contributed by atoms with Gasteiger partial charge in [-0.3, -0.25) is 9.59 Å². The van der Waals surface area contributed by atoms with Crippen LogP contribution in [-0.2, 0) is 9.53 Å². The lowest BCUT2D eigenvalue weighted by molar-refractivity contribution is -0.145. The standard InChI is InChI=1S/C20H25NO3S/c1-4-21(5-2)13-14-24-20(23)15(3)17-11-12-18(25-17)19(22)16-9-7-6-8-10-16/h6-12,15H,4-5,13-14H2,1-3H3. The molecule has 1 atom stereocenters. The van der Waals surface area contributed by atoms with E-state index in [1.165, 1.54) is 11.3 Å². The van der Waals surface area contributed by atoms with Gasteiger partial charge in [-0.15, -0.1) is 11.3 Å². The zero-order chi connectivity index (χ0) is 18.2. The molecule has 134 valence electrons. The van der Waals surface area contributed by atoms with E-state index in [0.717, 1.165) is 24.5 Å². The molecular weight excluding hydrogens is 334 g/mol. The average Bonchev–Trinajstić information content (AvgIpc) is 3.14. The van der Waals surface area contributed by atoms with Gasteiger partial charge in [-0.2, -0.15) is 0 Å². The molecule has 0 aliphatic heterocycles. The highest BCUT2D eigenvalue weighted by atomic mass is 32.1. The van der Waals surface area contributed by atoms with Crippen molar-refractivity contribution in [1.29, 1.82) is 0 Å². The smallest absolute Gasteiger partial charge is 0.314 e. The van der Waals surface area contributed by atoms with E-state index >= 15 is 0 Å². The second kappa shape index (κ2) is 9.49. The molecule has 2 rings (SSSR count). The summed E-state index contributed by atoms with van der Waals surface area (Å²) in [6.45, 7) is 9.02. The van der Waals surface area contributed by atoms with E-state index in [-0.39, 0.29) is 17.7 Å². The molecule has 1 unspecified atom stereocenters. The van der Waals surface area contributed by atoms with Crippen LogP contribution < -0.4 is 0 Å². The highest BCUT2D eigenvalue weighted by Gasteiger charge is 2.21. The summed E-state index contributed by atoms with van der Waals surface area (Å²) in [7, 11) is 0. The number of hydrogen-bond acceptors (Lipinski definition) is 5. The SMILES string of the molecule is CCN(CC)CCOC(=O)C(C)c1ccc(C(=O)c2ccccc2)s1. The van der Waals surface area contributed by atoms with Crippen molar-refractivity contribution < 1.29 is 14.3 Å². The molecule has 1 aromatic carbocycles. The van der Waals surface area contributed by atoms with Gasteiger partial charge in [-0.1, -0.05) is 44.2 Å². The number of ketones is 1. The predicted molar refractivity (Wildman–Crippen MR) is 101 cm³/mol. The zero-order valence-electron chi connectivity index (χ0n) is 15.0. The van der Waals surface area contributed by atoms with Crippen LogP contribution in [0.2, 0.25) is 0 Å². The van der Waals surface area contributed by atoms with Crippen LogP contribution in [0.25, 0.3) is 0 Å². The minimum Gasteiger partial charge on any atom is -0.464 e. The number of likely N-dealkylation sites (N-methyl/N-ethyl adjacent to an activating group) is 1. The third kappa shape index (κ3) is 5.25. The van der Waals surface area contributed by atoms with Crippen LogP contribution in [0.3, 0.4) is 0 Å². The second-order valence-corrected chi connectivity index (χ2v) is 6.93. The topological polar surface area (TPSA) is 46.6 Å². The normalized spacial score (nSPS) is 12.2. The Morgan fingerprint density at radius 3 is 2.40 bits per heavy atom. The number of rotatable bonds is 9. The van der Waals surface area contributed by atoms with Gasteiger partial charge in [0.2, 0.25) is 5.78 Å². The number of hydrogen-bond donors (Lipinski definition) is 0. The first kappa shape index (κ1) is 19.3. The fourth-order valence-corrected chi connectivity index (χ4v) is 3.51. The third-order valence-corrected chi connectivity index (χ3v) is 5.48. The second-order valence-electron chi connectivity index (χ2n) is 5.81. The Labute approximate surface area is 153 Å². The Hall–Kier alpha value is -1.98. The van der Waals surface area contributed by atoms with Crippen molar-refractivity contribution in [1.82, 2.24) is 4.90 Å². The summed E-state index contributed by atoms with van der Waals surface area (Å²) in [5.74, 6) is -0.620. The number of ether oxygens (including phenoxy) is 1. The van der Waals surface area contributed by atoms with Crippen molar-refractivity contribution in [2.75, 3.05) is 26.2 Å². The Balaban J connectivity index is 1.94. The first-order chi connectivity index (χ1) is 12.1. The lowest BCUT2D eigenvalue weighted by atomic mass is 10.1. The summed E-state index contributed by atoms with van der Waals surface area (Å²) < 4.78 is 5.39. The van der Waals surface area contributed by atoms with Crippen LogP contribution in [0.1, 0.15) is 46.8 Å². The Bertz CT molecular complexity index is 692. The third-order valence-electron chi connectivity index (χ3n) is 4.21. The molecule has 2 aromatic rings. The fraction of sp³-hybridized carbons (Fsp3) is 0.400. The highest BCUT2D eigenvalue weighted by Crippen LogP contribution is 2.27. The van der Waals surface area contributed by atoms with Crippen molar-refractivity contribution >= 4 is 23.1 Å². The molecule has 0 spiro atoms. The molecule has 0 saturated carbocycles. The van der Waals surface area contributed by atoms with E-state index < -0.39 is 0 Å². The molecule has 25 heavy (non-hydrogen) atoms. The van der Waals surface area contributed by atoms with Gasteiger partial charge in [0, 0.05) is 17.0 Å². The number of nitrogens with zero attached hydrogens (tertiary/aromatic N) is 1. The summed E-state index contributed by atoms with van der Waals surface area (Å²) in [5, 5.41) is 0. The monoisotopic (exact) mass is 359 g/mol. The summed E-state index contributed by atoms with van der Waals surface area (Å²) in [6.07, 6.45) is 0. The van der Waals surface area contributed by atoms with E-state index in [9.17, 15) is 9.59 Å². The molecule has 1 heterocycles. The summed E-state index contributed by atoms with van der Waals surface area (Å²) in [4.78, 5) is 28.4. The van der Waals surface area contributed by atoms with Crippen LogP contribution >= 0.6 is 11.3 Å². The van der Waals surface area contributed by atoms with Crippen molar-refractivity contribution in [3.05, 3.63) is 57.8 Å². The molecule has 4 nitrogen and oxygen atoms in total. The van der Waals surface area contributed by atoms with Gasteiger partial charge in [-0.05, 0) is 32.1 Å². The van der Waals surface area contributed by atoms with Crippen molar-refractivity contribution in [2.24, 2.45) is 0 Å². The number of benzene rings is 1. The summed E-state index contributed by atoms with van der Waals surface area (Å²) >= 11 is 1.36. The van der Waals surface area contributed by atoms with Gasteiger partial charge < -0.3 is 9.64 Å². The molecule has 0 aliphatic carbocycles. The predicted octanol–water partition coefficient (Wildman–Crippen LogP) is 3.97. The minimum absolute atomic E-state index is 0.0149. The number of esters is 1. The van der Waals surface area contributed by atoms with Crippen LogP contribution in [0, 0.1) is 0 Å². The summed E-state index contributed by atoms with van der Waals surface area (Å²) in [5.41, 5.74) is 0.658. The van der Waals surface area contributed by atoms with Gasteiger partial charge in [0.25, 0.3) is 0 Å². The first-order valence-corrected chi connectivity index (χ1v) is 9.46. The van der Waals surface area contributed by atoms with Crippen molar-refractivity contribution in [2.45, 2.75) is 26.7 Å². The average molecular weight is 359 g/mol. The molecule has 0 radical (unpaired) electrons. The Morgan fingerprint density at radius 2 is 1.76 bits per heavy atom. The maximum Gasteiger partial charge on any atom is 0.314 e. The van der Waals surface area contributed by atoms with E-state index in [1.807, 2.05) is 31.2 Å². The van der Waals surface area contributed by atoms with Crippen LogP contribution in [0.15, 0.2) is 42.5 Å². The van der Waals surface area contributed by atoms with Gasteiger partial charge in [0.15, 0.2) is 0 Å². The molecule has 0 bridgehead atoms. The maximum absolute atomic E-state index is 12.5. The molecule has 0 fully saturated rings. The van der Waals surface area contributed by atoms with Gasteiger partial charge >= 0.3 is 5.97 Å². The number of carbonyl (C=O) groups is 2. The fourth-order valence-electron chi connectivity index (χ4n) is 2.50.